The number of nitrogens with zero attached hydrogens (tertiary/aromatic N) is 1. The summed E-state index contributed by atoms with van der Waals surface area (Å²) >= 11 is 0. The largest absolute Gasteiger partial charge is 0.497 e. The highest BCUT2D eigenvalue weighted by Crippen LogP contribution is 2.43. The molecule has 0 aliphatic carbocycles. The van der Waals surface area contributed by atoms with Crippen LogP contribution >= 0.6 is 0 Å². The topological polar surface area (TPSA) is 119 Å². The number of nitrogens with two attached hydrogens (primary N) is 1. The van der Waals surface area contributed by atoms with Gasteiger partial charge in [-0.25, -0.2) is 18.4 Å². The normalized spacial score (nSPS) is 19.2. The monoisotopic (exact) mass is 420 g/mol. The number of sulfonamides is 1. The summed E-state index contributed by atoms with van der Waals surface area (Å²) in [5, 5.41) is 14.9. The first-order valence-corrected chi connectivity index (χ1v) is 10.7. The van der Waals surface area contributed by atoms with Crippen LogP contribution in [0.5, 0.6) is 17.2 Å². The number of carboxylic acids is 1. The van der Waals surface area contributed by atoms with E-state index in [9.17, 15) is 18.3 Å². The Bertz CT molecular complexity index is 1010. The van der Waals surface area contributed by atoms with Gasteiger partial charge in [0.1, 0.15) is 16.4 Å². The molecule has 1 fully saturated rings. The summed E-state index contributed by atoms with van der Waals surface area (Å²) in [6, 6.07) is 9.27. The van der Waals surface area contributed by atoms with Gasteiger partial charge in [-0.3, -0.25) is 0 Å². The van der Waals surface area contributed by atoms with Gasteiger partial charge in [-0.1, -0.05) is 0 Å². The molecule has 1 aliphatic heterocycles. The minimum Gasteiger partial charge on any atom is -0.497 e. The second-order valence-corrected chi connectivity index (χ2v) is 8.66. The van der Waals surface area contributed by atoms with Crippen molar-refractivity contribution in [3.8, 4) is 17.2 Å². The van der Waals surface area contributed by atoms with Crippen molar-refractivity contribution in [2.45, 2.75) is 43.7 Å². The highest BCUT2D eigenvalue weighted by molar-refractivity contribution is 7.89. The van der Waals surface area contributed by atoms with E-state index in [4.69, 9.17) is 14.6 Å². The molecule has 3 rings (SSSR count). The number of ether oxygens (including phenoxy) is 2. The van der Waals surface area contributed by atoms with Crippen molar-refractivity contribution in [1.82, 2.24) is 0 Å². The summed E-state index contributed by atoms with van der Waals surface area (Å²) in [6.07, 6.45) is 1.79. The minimum atomic E-state index is -4.25. The van der Waals surface area contributed by atoms with Crippen LogP contribution in [0.3, 0.4) is 0 Å². The third kappa shape index (κ3) is 4.30. The molecule has 0 amide bonds. The van der Waals surface area contributed by atoms with Crippen molar-refractivity contribution in [3.63, 3.8) is 0 Å². The summed E-state index contributed by atoms with van der Waals surface area (Å²) < 4.78 is 35.7. The SMILES string of the molecule is COc1ccc(Oc2c(N3C(C)CCC3C)cc(C(=O)O)cc2S(N)(=O)=O)cc1. The standard InChI is InChI=1S/C20H24N2O6S/c1-12-4-5-13(2)22(12)17-10-14(20(23)24)11-18(29(21,25)26)19(17)28-16-8-6-15(27-3)7-9-16/h6-13H,4-5H2,1-3H3,(H,23,24)(H2,21,25,26). The molecule has 2 aromatic carbocycles. The number of benzene rings is 2. The number of rotatable bonds is 6. The molecule has 9 heteroatoms. The van der Waals surface area contributed by atoms with Gasteiger partial charge in [0.05, 0.1) is 18.4 Å². The Morgan fingerprint density at radius 2 is 1.66 bits per heavy atom. The number of hydrogen-bond acceptors (Lipinski definition) is 6. The molecule has 8 nitrogen and oxygen atoms in total. The van der Waals surface area contributed by atoms with E-state index in [-0.39, 0.29) is 28.3 Å². The van der Waals surface area contributed by atoms with Crippen LogP contribution < -0.4 is 19.5 Å². The third-order valence-electron chi connectivity index (χ3n) is 5.10. The average molecular weight is 420 g/mol. The van der Waals surface area contributed by atoms with Crippen LogP contribution in [-0.2, 0) is 10.0 Å². The summed E-state index contributed by atoms with van der Waals surface area (Å²) in [4.78, 5) is 13.3. The molecule has 3 N–H and O–H groups in total. The van der Waals surface area contributed by atoms with E-state index in [0.29, 0.717) is 17.2 Å². The lowest BCUT2D eigenvalue weighted by molar-refractivity contribution is 0.0696. The van der Waals surface area contributed by atoms with Crippen molar-refractivity contribution in [2.75, 3.05) is 12.0 Å². The van der Waals surface area contributed by atoms with Crippen molar-refractivity contribution in [2.24, 2.45) is 5.14 Å². The smallest absolute Gasteiger partial charge is 0.335 e. The first-order chi connectivity index (χ1) is 13.6. The predicted molar refractivity (Wildman–Crippen MR) is 108 cm³/mol. The molecule has 0 aromatic heterocycles. The van der Waals surface area contributed by atoms with E-state index < -0.39 is 16.0 Å². The van der Waals surface area contributed by atoms with Crippen LogP contribution in [0.1, 0.15) is 37.0 Å². The molecule has 1 heterocycles. The van der Waals surface area contributed by atoms with Gasteiger partial charge in [0.25, 0.3) is 0 Å². The van der Waals surface area contributed by atoms with E-state index in [2.05, 4.69) is 0 Å². The molecule has 1 aliphatic rings. The van der Waals surface area contributed by atoms with Gasteiger partial charge < -0.3 is 19.5 Å². The quantitative estimate of drug-likeness (QED) is 0.736. The van der Waals surface area contributed by atoms with Crippen molar-refractivity contribution in [1.29, 1.82) is 0 Å². The van der Waals surface area contributed by atoms with Gasteiger partial charge >= 0.3 is 5.97 Å². The fraction of sp³-hybridized carbons (Fsp3) is 0.350. The highest BCUT2D eigenvalue weighted by atomic mass is 32.2. The number of carbonyl (C=O) groups is 1. The van der Waals surface area contributed by atoms with Crippen molar-refractivity contribution < 1.29 is 27.8 Å². The Morgan fingerprint density at radius 1 is 1.10 bits per heavy atom. The summed E-state index contributed by atoms with van der Waals surface area (Å²) in [6.45, 7) is 4.01. The zero-order chi connectivity index (χ0) is 21.3. The Kier molecular flexibility index (Phi) is 5.72. The lowest BCUT2D eigenvalue weighted by atomic mass is 10.1. The predicted octanol–water partition coefficient (Wildman–Crippen LogP) is 3.21. The van der Waals surface area contributed by atoms with Crippen LogP contribution in [-0.4, -0.2) is 38.7 Å². The van der Waals surface area contributed by atoms with Crippen molar-refractivity contribution in [3.05, 3.63) is 42.0 Å². The zero-order valence-corrected chi connectivity index (χ0v) is 17.3. The van der Waals surface area contributed by atoms with E-state index >= 15 is 0 Å². The second-order valence-electron chi connectivity index (χ2n) is 7.13. The maximum Gasteiger partial charge on any atom is 0.335 e. The summed E-state index contributed by atoms with van der Waals surface area (Å²) in [5.74, 6) is -0.235. The molecule has 2 atom stereocenters. The first kappa shape index (κ1) is 20.9. The van der Waals surface area contributed by atoms with Crippen LogP contribution in [0.15, 0.2) is 41.3 Å². The van der Waals surface area contributed by atoms with Crippen LogP contribution in [0.4, 0.5) is 5.69 Å². The average Bonchev–Trinajstić information content (AvgIpc) is 2.99. The van der Waals surface area contributed by atoms with Crippen LogP contribution in [0.25, 0.3) is 0 Å². The van der Waals surface area contributed by atoms with E-state index in [1.165, 1.54) is 13.2 Å². The summed E-state index contributed by atoms with van der Waals surface area (Å²) in [7, 11) is -2.71. The molecule has 0 spiro atoms. The first-order valence-electron chi connectivity index (χ1n) is 9.16. The molecule has 29 heavy (non-hydrogen) atoms. The Hall–Kier alpha value is -2.78. The molecule has 0 radical (unpaired) electrons. The van der Waals surface area contributed by atoms with Gasteiger partial charge in [0, 0.05) is 12.1 Å². The molecule has 0 bridgehead atoms. The number of anilines is 1. The minimum absolute atomic E-state index is 0.0169. The number of hydrogen-bond donors (Lipinski definition) is 2. The summed E-state index contributed by atoms with van der Waals surface area (Å²) in [5.41, 5.74) is 0.222. The molecule has 2 aromatic rings. The maximum atomic E-state index is 12.3. The van der Waals surface area contributed by atoms with E-state index in [1.807, 2.05) is 18.7 Å². The number of methoxy groups -OCH3 is 1. The maximum absolute atomic E-state index is 12.3. The van der Waals surface area contributed by atoms with Gasteiger partial charge in [0.15, 0.2) is 5.75 Å². The van der Waals surface area contributed by atoms with Gasteiger partial charge in [-0.2, -0.15) is 0 Å². The fourth-order valence-corrected chi connectivity index (χ4v) is 4.34. The third-order valence-corrected chi connectivity index (χ3v) is 6.01. The molecule has 0 saturated carbocycles. The molecular weight excluding hydrogens is 396 g/mol. The Balaban J connectivity index is 2.23. The van der Waals surface area contributed by atoms with E-state index in [1.54, 1.807) is 24.3 Å². The zero-order valence-electron chi connectivity index (χ0n) is 16.5. The number of carboxylic acid groups (broad SMARTS) is 1. The Morgan fingerprint density at radius 3 is 2.14 bits per heavy atom. The second kappa shape index (κ2) is 7.92. The van der Waals surface area contributed by atoms with Crippen LogP contribution in [0, 0.1) is 0 Å². The fourth-order valence-electron chi connectivity index (χ4n) is 3.65. The highest BCUT2D eigenvalue weighted by Gasteiger charge is 2.33. The van der Waals surface area contributed by atoms with Gasteiger partial charge in [-0.15, -0.1) is 0 Å². The van der Waals surface area contributed by atoms with Gasteiger partial charge in [0.2, 0.25) is 10.0 Å². The lowest BCUT2D eigenvalue weighted by Crippen LogP contribution is -2.33. The number of aromatic carboxylic acids is 1. The van der Waals surface area contributed by atoms with Crippen LogP contribution in [0.2, 0.25) is 0 Å². The van der Waals surface area contributed by atoms with Crippen molar-refractivity contribution >= 4 is 21.7 Å². The molecule has 1 saturated heterocycles. The van der Waals surface area contributed by atoms with Gasteiger partial charge in [-0.05, 0) is 63.1 Å². The molecule has 156 valence electrons. The lowest BCUT2D eigenvalue weighted by Gasteiger charge is -2.31. The molecule has 2 unspecified atom stereocenters. The Labute approximate surface area is 169 Å². The molecular formula is C20H24N2O6S. The number of primary sulfonamides is 1. The van der Waals surface area contributed by atoms with E-state index in [0.717, 1.165) is 18.9 Å².